The number of nitrogens with one attached hydrogen (secondary N) is 1. The van der Waals surface area contributed by atoms with Gasteiger partial charge >= 0.3 is 0 Å². The number of aryl methyl sites for hydroxylation is 1. The van der Waals surface area contributed by atoms with Crippen molar-refractivity contribution in [1.82, 2.24) is 5.32 Å². The molecule has 1 atom stereocenters. The van der Waals surface area contributed by atoms with Gasteiger partial charge in [0.15, 0.2) is 0 Å². The van der Waals surface area contributed by atoms with Crippen LogP contribution in [0, 0.1) is 11.3 Å². The standard InChI is InChI=1S/C17H28N2/c1-5-14-6-8-16(9-7-14)19-11-10-15(12-18-4)17(2,3)13-19/h6-9,15,18H,5,10-13H2,1-4H3. The molecular weight excluding hydrogens is 232 g/mol. The normalized spacial score (nSPS) is 22.5. The van der Waals surface area contributed by atoms with Crippen molar-refractivity contribution >= 4 is 5.69 Å². The van der Waals surface area contributed by atoms with Crippen LogP contribution in [0.25, 0.3) is 0 Å². The molecule has 1 aliphatic heterocycles. The van der Waals surface area contributed by atoms with Crippen LogP contribution in [0.1, 0.15) is 32.8 Å². The van der Waals surface area contributed by atoms with E-state index in [2.05, 4.69) is 62.3 Å². The van der Waals surface area contributed by atoms with Crippen LogP contribution in [0.4, 0.5) is 5.69 Å². The van der Waals surface area contributed by atoms with Gasteiger partial charge in [0.05, 0.1) is 0 Å². The van der Waals surface area contributed by atoms with Crippen molar-refractivity contribution in [3.8, 4) is 0 Å². The molecule has 0 aromatic heterocycles. The molecule has 1 saturated heterocycles. The van der Waals surface area contributed by atoms with Gasteiger partial charge in [-0.15, -0.1) is 0 Å². The highest BCUT2D eigenvalue weighted by Gasteiger charge is 2.35. The van der Waals surface area contributed by atoms with Gasteiger partial charge in [0.2, 0.25) is 0 Å². The Balaban J connectivity index is 2.07. The van der Waals surface area contributed by atoms with Crippen LogP contribution in [0.15, 0.2) is 24.3 Å². The number of hydrogen-bond donors (Lipinski definition) is 1. The third-order valence-electron chi connectivity index (χ3n) is 4.61. The molecule has 0 aliphatic carbocycles. The summed E-state index contributed by atoms with van der Waals surface area (Å²) in [5.41, 5.74) is 3.19. The fraction of sp³-hybridized carbons (Fsp3) is 0.647. The van der Waals surface area contributed by atoms with Crippen LogP contribution < -0.4 is 10.2 Å². The van der Waals surface area contributed by atoms with Gasteiger partial charge in [0.25, 0.3) is 0 Å². The highest BCUT2D eigenvalue weighted by atomic mass is 15.1. The van der Waals surface area contributed by atoms with Gasteiger partial charge in [-0.25, -0.2) is 0 Å². The van der Waals surface area contributed by atoms with E-state index in [0.29, 0.717) is 5.41 Å². The molecule has 2 heteroatoms. The third-order valence-corrected chi connectivity index (χ3v) is 4.61. The lowest BCUT2D eigenvalue weighted by Gasteiger charge is -2.45. The van der Waals surface area contributed by atoms with E-state index >= 15 is 0 Å². The van der Waals surface area contributed by atoms with Crippen molar-refractivity contribution in [2.24, 2.45) is 11.3 Å². The highest BCUT2D eigenvalue weighted by Crippen LogP contribution is 2.36. The first-order valence-electron chi connectivity index (χ1n) is 7.55. The minimum Gasteiger partial charge on any atom is -0.371 e. The van der Waals surface area contributed by atoms with Crippen LogP contribution in [-0.2, 0) is 6.42 Å². The van der Waals surface area contributed by atoms with Crippen LogP contribution >= 0.6 is 0 Å². The SMILES string of the molecule is CCc1ccc(N2CCC(CNC)C(C)(C)C2)cc1. The molecule has 0 bridgehead atoms. The predicted molar refractivity (Wildman–Crippen MR) is 83.8 cm³/mol. The number of nitrogens with zero attached hydrogens (tertiary/aromatic N) is 1. The maximum atomic E-state index is 3.34. The van der Waals surface area contributed by atoms with E-state index in [1.165, 1.54) is 24.2 Å². The summed E-state index contributed by atoms with van der Waals surface area (Å²) in [4.78, 5) is 2.55. The summed E-state index contributed by atoms with van der Waals surface area (Å²) in [5.74, 6) is 0.781. The third kappa shape index (κ3) is 3.30. The van der Waals surface area contributed by atoms with E-state index in [1.807, 2.05) is 0 Å². The first-order chi connectivity index (χ1) is 9.06. The number of anilines is 1. The Bertz CT molecular complexity index is 394. The summed E-state index contributed by atoms with van der Waals surface area (Å²) in [5, 5.41) is 3.34. The molecule has 0 spiro atoms. The summed E-state index contributed by atoms with van der Waals surface area (Å²) in [6.45, 7) is 10.5. The second-order valence-corrected chi connectivity index (χ2v) is 6.47. The summed E-state index contributed by atoms with van der Waals surface area (Å²) < 4.78 is 0. The molecule has 1 aromatic carbocycles. The first kappa shape index (κ1) is 14.4. The van der Waals surface area contributed by atoms with Crippen molar-refractivity contribution in [3.05, 3.63) is 29.8 Å². The Morgan fingerprint density at radius 2 is 1.95 bits per heavy atom. The fourth-order valence-electron chi connectivity index (χ4n) is 3.19. The van der Waals surface area contributed by atoms with Crippen molar-refractivity contribution in [2.45, 2.75) is 33.6 Å². The molecule has 0 saturated carbocycles. The average molecular weight is 260 g/mol. The predicted octanol–water partition coefficient (Wildman–Crippen LogP) is 3.32. The number of benzene rings is 1. The summed E-state index contributed by atoms with van der Waals surface area (Å²) in [6.07, 6.45) is 2.40. The van der Waals surface area contributed by atoms with Crippen molar-refractivity contribution in [1.29, 1.82) is 0 Å². The lowest BCUT2D eigenvalue weighted by molar-refractivity contribution is 0.174. The maximum Gasteiger partial charge on any atom is 0.0366 e. The second kappa shape index (κ2) is 5.96. The zero-order valence-corrected chi connectivity index (χ0v) is 12.9. The second-order valence-electron chi connectivity index (χ2n) is 6.47. The molecule has 2 nitrogen and oxygen atoms in total. The topological polar surface area (TPSA) is 15.3 Å². The summed E-state index contributed by atoms with van der Waals surface area (Å²) in [6, 6.07) is 9.10. The van der Waals surface area contributed by atoms with Gasteiger partial charge in [-0.3, -0.25) is 0 Å². The molecule has 1 unspecified atom stereocenters. The number of hydrogen-bond acceptors (Lipinski definition) is 2. The van der Waals surface area contributed by atoms with E-state index in [0.717, 1.165) is 25.4 Å². The molecule has 106 valence electrons. The fourth-order valence-corrected chi connectivity index (χ4v) is 3.19. The average Bonchev–Trinajstić information content (AvgIpc) is 2.41. The smallest absolute Gasteiger partial charge is 0.0366 e. The molecule has 1 N–H and O–H groups in total. The quantitative estimate of drug-likeness (QED) is 0.893. The van der Waals surface area contributed by atoms with E-state index in [-0.39, 0.29) is 0 Å². The van der Waals surface area contributed by atoms with E-state index in [9.17, 15) is 0 Å². The first-order valence-corrected chi connectivity index (χ1v) is 7.55. The lowest BCUT2D eigenvalue weighted by atomic mass is 9.73. The lowest BCUT2D eigenvalue weighted by Crippen LogP contribution is -2.48. The highest BCUT2D eigenvalue weighted by molar-refractivity contribution is 5.48. The van der Waals surface area contributed by atoms with E-state index in [1.54, 1.807) is 0 Å². The zero-order valence-electron chi connectivity index (χ0n) is 12.9. The molecule has 0 radical (unpaired) electrons. The molecule has 1 heterocycles. The maximum absolute atomic E-state index is 3.34. The Morgan fingerprint density at radius 3 is 2.47 bits per heavy atom. The van der Waals surface area contributed by atoms with Crippen molar-refractivity contribution in [3.63, 3.8) is 0 Å². The minimum absolute atomic E-state index is 0.380. The summed E-state index contributed by atoms with van der Waals surface area (Å²) >= 11 is 0. The molecule has 1 aromatic rings. The Kier molecular flexibility index (Phi) is 4.51. The van der Waals surface area contributed by atoms with Crippen molar-refractivity contribution in [2.75, 3.05) is 31.6 Å². The van der Waals surface area contributed by atoms with Crippen LogP contribution in [0.3, 0.4) is 0 Å². The molecule has 19 heavy (non-hydrogen) atoms. The summed E-state index contributed by atoms with van der Waals surface area (Å²) in [7, 11) is 2.06. The van der Waals surface area contributed by atoms with Gasteiger partial charge in [-0.2, -0.15) is 0 Å². The Morgan fingerprint density at radius 1 is 1.26 bits per heavy atom. The Hall–Kier alpha value is -1.02. The molecule has 1 fully saturated rings. The van der Waals surface area contributed by atoms with Crippen LogP contribution in [0.5, 0.6) is 0 Å². The van der Waals surface area contributed by atoms with Gasteiger partial charge in [0, 0.05) is 18.8 Å². The number of rotatable bonds is 4. The number of piperidine rings is 1. The molecule has 0 amide bonds. The van der Waals surface area contributed by atoms with E-state index < -0.39 is 0 Å². The Labute approximate surface area is 118 Å². The van der Waals surface area contributed by atoms with Gasteiger partial charge in [-0.1, -0.05) is 32.9 Å². The largest absolute Gasteiger partial charge is 0.371 e. The van der Waals surface area contributed by atoms with Crippen LogP contribution in [0.2, 0.25) is 0 Å². The van der Waals surface area contributed by atoms with Crippen molar-refractivity contribution < 1.29 is 0 Å². The molecule has 2 rings (SSSR count). The minimum atomic E-state index is 0.380. The zero-order chi connectivity index (χ0) is 13.9. The van der Waals surface area contributed by atoms with Gasteiger partial charge < -0.3 is 10.2 Å². The van der Waals surface area contributed by atoms with Gasteiger partial charge in [0.1, 0.15) is 0 Å². The van der Waals surface area contributed by atoms with Gasteiger partial charge in [-0.05, 0) is 55.5 Å². The van der Waals surface area contributed by atoms with Crippen LogP contribution in [-0.4, -0.2) is 26.7 Å². The monoisotopic (exact) mass is 260 g/mol. The molecule has 1 aliphatic rings. The molecular formula is C17H28N2. The van der Waals surface area contributed by atoms with E-state index in [4.69, 9.17) is 0 Å².